The van der Waals surface area contributed by atoms with E-state index in [0.29, 0.717) is 18.9 Å². The quantitative estimate of drug-likeness (QED) is 0.855. The van der Waals surface area contributed by atoms with Gasteiger partial charge in [0.1, 0.15) is 5.92 Å². The zero-order valence-corrected chi connectivity index (χ0v) is 11.6. The molecule has 0 saturated carbocycles. The monoisotopic (exact) mass is 276 g/mol. The number of nitrogens with two attached hydrogens (primary N) is 1. The van der Waals surface area contributed by atoms with Crippen LogP contribution in [0.1, 0.15) is 31.2 Å². The molecule has 0 fully saturated rings. The number of aliphatic carboxylic acids is 1. The molecule has 0 spiro atoms. The number of fused-ring (bicyclic) bond motifs is 1. The number of hydrogen-bond acceptors (Lipinski definition) is 3. The van der Waals surface area contributed by atoms with Crippen LogP contribution in [0, 0.1) is 5.92 Å². The molecule has 1 aliphatic rings. The van der Waals surface area contributed by atoms with Crippen molar-refractivity contribution in [1.29, 1.82) is 0 Å². The van der Waals surface area contributed by atoms with Crippen molar-refractivity contribution in [3.8, 4) is 0 Å². The molecule has 3 N–H and O–H groups in total. The zero-order valence-electron chi connectivity index (χ0n) is 11.6. The average Bonchev–Trinajstić information content (AvgIpc) is 2.84. The van der Waals surface area contributed by atoms with Crippen molar-refractivity contribution in [3.63, 3.8) is 0 Å². The van der Waals surface area contributed by atoms with Gasteiger partial charge in [-0.15, -0.1) is 0 Å². The molecule has 0 saturated heterocycles. The highest BCUT2D eigenvalue weighted by Crippen LogP contribution is 2.36. The molecule has 1 amide bonds. The maximum atomic E-state index is 12.3. The predicted molar refractivity (Wildman–Crippen MR) is 76.6 cm³/mol. The van der Waals surface area contributed by atoms with Crippen LogP contribution in [0.5, 0.6) is 0 Å². The predicted octanol–water partition coefficient (Wildman–Crippen LogP) is 1.58. The Bertz CT molecular complexity index is 516. The van der Waals surface area contributed by atoms with Crippen LogP contribution in [0.2, 0.25) is 0 Å². The number of amides is 1. The lowest BCUT2D eigenvalue weighted by atomic mass is 10.0. The number of anilines is 1. The molecule has 2 rings (SSSR count). The molecule has 108 valence electrons. The van der Waals surface area contributed by atoms with Crippen LogP contribution in [0.25, 0.3) is 0 Å². The summed E-state index contributed by atoms with van der Waals surface area (Å²) >= 11 is 0. The maximum Gasteiger partial charge on any atom is 0.312 e. The van der Waals surface area contributed by atoms with Crippen LogP contribution >= 0.6 is 0 Å². The minimum atomic E-state index is -0.886. The largest absolute Gasteiger partial charge is 0.481 e. The summed E-state index contributed by atoms with van der Waals surface area (Å²) in [6, 6.07) is 7.22. The van der Waals surface area contributed by atoms with Crippen LogP contribution in [0.15, 0.2) is 24.3 Å². The van der Waals surface area contributed by atoms with E-state index >= 15 is 0 Å². The summed E-state index contributed by atoms with van der Waals surface area (Å²) in [4.78, 5) is 25.2. The van der Waals surface area contributed by atoms with Crippen molar-refractivity contribution < 1.29 is 14.7 Å². The molecule has 2 atom stereocenters. The molecule has 0 aromatic heterocycles. The van der Waals surface area contributed by atoms with Gasteiger partial charge in [-0.3, -0.25) is 9.59 Å². The minimum absolute atomic E-state index is 0.0264. The molecular formula is C15H20N2O3. The number of carboxylic acids is 1. The number of nitrogens with zero attached hydrogens (tertiary/aromatic N) is 1. The van der Waals surface area contributed by atoms with Crippen molar-refractivity contribution >= 4 is 17.6 Å². The van der Waals surface area contributed by atoms with Gasteiger partial charge in [0.05, 0.1) is 0 Å². The fourth-order valence-corrected chi connectivity index (χ4v) is 2.48. The zero-order chi connectivity index (χ0) is 14.7. The number of carbonyl (C=O) groups excluding carboxylic acids is 1. The highest BCUT2D eigenvalue weighted by Gasteiger charge is 2.35. The molecule has 1 aromatic carbocycles. The Morgan fingerprint density at radius 2 is 2.15 bits per heavy atom. The number of benzene rings is 1. The second-order valence-corrected chi connectivity index (χ2v) is 5.33. The summed E-state index contributed by atoms with van der Waals surface area (Å²) in [5.74, 6) is -1.24. The topological polar surface area (TPSA) is 83.6 Å². The van der Waals surface area contributed by atoms with Gasteiger partial charge in [0.15, 0.2) is 0 Å². The number of para-hydroxylation sites is 1. The first-order valence-corrected chi connectivity index (χ1v) is 6.86. The number of carboxylic acid groups (broad SMARTS) is 1. The van der Waals surface area contributed by atoms with Crippen LogP contribution < -0.4 is 10.6 Å². The van der Waals surface area contributed by atoms with Crippen molar-refractivity contribution in [3.05, 3.63) is 29.8 Å². The Balaban J connectivity index is 2.14. The van der Waals surface area contributed by atoms with Gasteiger partial charge in [0.2, 0.25) is 5.91 Å². The molecule has 20 heavy (non-hydrogen) atoms. The first kappa shape index (κ1) is 14.5. The maximum absolute atomic E-state index is 12.3. The molecule has 5 nitrogen and oxygen atoms in total. The third kappa shape index (κ3) is 2.82. The summed E-state index contributed by atoms with van der Waals surface area (Å²) in [6.45, 7) is 2.79. The van der Waals surface area contributed by atoms with Crippen LogP contribution in [-0.2, 0) is 9.59 Å². The third-order valence-corrected chi connectivity index (χ3v) is 3.82. The van der Waals surface area contributed by atoms with Crippen molar-refractivity contribution in [2.75, 3.05) is 18.0 Å². The molecule has 1 heterocycles. The minimum Gasteiger partial charge on any atom is -0.481 e. The van der Waals surface area contributed by atoms with Crippen LogP contribution in [0.3, 0.4) is 0 Å². The summed E-state index contributed by atoms with van der Waals surface area (Å²) in [5, 5.41) is 9.26. The van der Waals surface area contributed by atoms with Gasteiger partial charge in [0, 0.05) is 18.7 Å². The molecule has 1 aliphatic heterocycles. The second-order valence-electron chi connectivity index (χ2n) is 5.33. The molecule has 0 radical (unpaired) electrons. The van der Waals surface area contributed by atoms with Crippen molar-refractivity contribution in [2.45, 2.75) is 25.7 Å². The van der Waals surface area contributed by atoms with Gasteiger partial charge in [0.25, 0.3) is 0 Å². The SMILES string of the molecule is CC(CN)CCC(=O)N1CC(C(=O)O)c2ccccc21. The van der Waals surface area contributed by atoms with Crippen molar-refractivity contribution in [2.24, 2.45) is 11.7 Å². The van der Waals surface area contributed by atoms with E-state index in [1.54, 1.807) is 17.0 Å². The van der Waals surface area contributed by atoms with E-state index in [1.807, 2.05) is 19.1 Å². The first-order valence-electron chi connectivity index (χ1n) is 6.86. The Morgan fingerprint density at radius 1 is 1.45 bits per heavy atom. The number of carbonyl (C=O) groups is 2. The number of hydrogen-bond donors (Lipinski definition) is 2. The van der Waals surface area contributed by atoms with E-state index in [-0.39, 0.29) is 12.5 Å². The highest BCUT2D eigenvalue weighted by molar-refractivity contribution is 5.98. The molecule has 0 bridgehead atoms. The van der Waals surface area contributed by atoms with E-state index < -0.39 is 11.9 Å². The lowest BCUT2D eigenvalue weighted by molar-refractivity contribution is -0.138. The molecule has 0 aliphatic carbocycles. The smallest absolute Gasteiger partial charge is 0.312 e. The normalized spacial score (nSPS) is 18.7. The van der Waals surface area contributed by atoms with Crippen LogP contribution in [0.4, 0.5) is 5.69 Å². The van der Waals surface area contributed by atoms with Gasteiger partial charge >= 0.3 is 5.97 Å². The third-order valence-electron chi connectivity index (χ3n) is 3.82. The average molecular weight is 276 g/mol. The number of rotatable bonds is 5. The van der Waals surface area contributed by atoms with Gasteiger partial charge in [-0.1, -0.05) is 25.1 Å². The van der Waals surface area contributed by atoms with Gasteiger partial charge in [-0.05, 0) is 30.5 Å². The summed E-state index contributed by atoms with van der Waals surface area (Å²) < 4.78 is 0. The lowest BCUT2D eigenvalue weighted by Crippen LogP contribution is -2.31. The van der Waals surface area contributed by atoms with Gasteiger partial charge < -0.3 is 15.7 Å². The van der Waals surface area contributed by atoms with Crippen molar-refractivity contribution in [1.82, 2.24) is 0 Å². The fraction of sp³-hybridized carbons (Fsp3) is 0.467. The van der Waals surface area contributed by atoms with E-state index in [4.69, 9.17) is 5.73 Å². The van der Waals surface area contributed by atoms with E-state index in [2.05, 4.69) is 0 Å². The Hall–Kier alpha value is -1.88. The molecular weight excluding hydrogens is 256 g/mol. The van der Waals surface area contributed by atoms with Crippen LogP contribution in [-0.4, -0.2) is 30.1 Å². The summed E-state index contributed by atoms with van der Waals surface area (Å²) in [7, 11) is 0. The van der Waals surface area contributed by atoms with Gasteiger partial charge in [-0.25, -0.2) is 0 Å². The molecule has 1 aromatic rings. The molecule has 2 unspecified atom stereocenters. The standard InChI is InChI=1S/C15H20N2O3/c1-10(8-16)6-7-14(18)17-9-12(15(19)20)11-4-2-3-5-13(11)17/h2-5,10,12H,6-9,16H2,1H3,(H,19,20). The van der Waals surface area contributed by atoms with Gasteiger partial charge in [-0.2, -0.15) is 0 Å². The summed E-state index contributed by atoms with van der Waals surface area (Å²) in [6.07, 6.45) is 1.13. The Kier molecular flexibility index (Phi) is 4.39. The highest BCUT2D eigenvalue weighted by atomic mass is 16.4. The lowest BCUT2D eigenvalue weighted by Gasteiger charge is -2.18. The van der Waals surface area contributed by atoms with E-state index in [0.717, 1.165) is 17.7 Å². The Morgan fingerprint density at radius 3 is 2.80 bits per heavy atom. The first-order chi connectivity index (χ1) is 9.54. The fourth-order valence-electron chi connectivity index (χ4n) is 2.48. The molecule has 5 heteroatoms. The summed E-state index contributed by atoms with van der Waals surface area (Å²) in [5.41, 5.74) is 7.00. The van der Waals surface area contributed by atoms with E-state index in [9.17, 15) is 14.7 Å². The Labute approximate surface area is 118 Å². The second kappa shape index (κ2) is 6.05. The van der Waals surface area contributed by atoms with E-state index in [1.165, 1.54) is 0 Å².